The number of nitrogens with zero attached hydrogens (tertiary/aromatic N) is 6. The monoisotopic (exact) mass is 335 g/mol. The number of fused-ring (bicyclic) bond motifs is 1. The molecular formula is C18H21N7. The highest BCUT2D eigenvalue weighted by molar-refractivity contribution is 5.34. The number of pyridine rings is 1. The summed E-state index contributed by atoms with van der Waals surface area (Å²) in [6.07, 6.45) is 8.38. The highest BCUT2D eigenvalue weighted by Gasteiger charge is 2.18. The standard InChI is InChI=1S/C18H21N7/c1-14-10-22-18(23-11-14)24-7-5-17-21-13-15(25(17)9-8-24)12-20-16-4-2-3-6-19-16/h2-4,6,10-11,13H,5,7-9,12H2,1H3,(H,19,20). The second-order valence-corrected chi connectivity index (χ2v) is 6.18. The van der Waals surface area contributed by atoms with E-state index in [1.165, 1.54) is 5.69 Å². The lowest BCUT2D eigenvalue weighted by atomic mass is 10.4. The lowest BCUT2D eigenvalue weighted by Crippen LogP contribution is -2.28. The second kappa shape index (κ2) is 6.88. The first kappa shape index (κ1) is 15.6. The Morgan fingerprint density at radius 3 is 2.68 bits per heavy atom. The molecule has 0 aliphatic carbocycles. The summed E-state index contributed by atoms with van der Waals surface area (Å²) >= 11 is 0. The summed E-state index contributed by atoms with van der Waals surface area (Å²) in [7, 11) is 0. The van der Waals surface area contributed by atoms with Crippen LogP contribution in [0.3, 0.4) is 0 Å². The zero-order chi connectivity index (χ0) is 17.1. The molecule has 4 rings (SSSR count). The number of hydrogen-bond acceptors (Lipinski definition) is 6. The van der Waals surface area contributed by atoms with Gasteiger partial charge in [-0.1, -0.05) is 6.07 Å². The average molecular weight is 335 g/mol. The topological polar surface area (TPSA) is 71.8 Å². The summed E-state index contributed by atoms with van der Waals surface area (Å²) in [4.78, 5) is 20.0. The molecule has 128 valence electrons. The maximum Gasteiger partial charge on any atom is 0.225 e. The maximum absolute atomic E-state index is 4.61. The van der Waals surface area contributed by atoms with Gasteiger partial charge in [0.25, 0.3) is 0 Å². The number of aromatic nitrogens is 5. The van der Waals surface area contributed by atoms with Crippen molar-refractivity contribution < 1.29 is 0 Å². The smallest absolute Gasteiger partial charge is 0.225 e. The fourth-order valence-corrected chi connectivity index (χ4v) is 3.03. The normalized spacial score (nSPS) is 14.0. The Labute approximate surface area is 146 Å². The van der Waals surface area contributed by atoms with Crippen molar-refractivity contribution in [2.75, 3.05) is 23.3 Å². The molecule has 1 aliphatic rings. The van der Waals surface area contributed by atoms with Crippen LogP contribution >= 0.6 is 0 Å². The summed E-state index contributed by atoms with van der Waals surface area (Å²) in [5.41, 5.74) is 2.25. The Balaban J connectivity index is 1.45. The van der Waals surface area contributed by atoms with E-state index in [9.17, 15) is 0 Å². The molecule has 0 fully saturated rings. The van der Waals surface area contributed by atoms with Crippen LogP contribution in [0.4, 0.5) is 11.8 Å². The molecule has 7 nitrogen and oxygen atoms in total. The van der Waals surface area contributed by atoms with Crippen LogP contribution in [0.15, 0.2) is 43.0 Å². The van der Waals surface area contributed by atoms with E-state index in [0.29, 0.717) is 6.54 Å². The fourth-order valence-electron chi connectivity index (χ4n) is 3.03. The van der Waals surface area contributed by atoms with Gasteiger partial charge in [-0.15, -0.1) is 0 Å². The summed E-state index contributed by atoms with van der Waals surface area (Å²) in [6.45, 7) is 5.36. The van der Waals surface area contributed by atoms with Gasteiger partial charge in [0.05, 0.1) is 18.4 Å². The number of aryl methyl sites for hydroxylation is 1. The summed E-state index contributed by atoms with van der Waals surface area (Å²) in [5.74, 6) is 2.79. The molecule has 3 aromatic rings. The third kappa shape index (κ3) is 3.45. The molecule has 0 radical (unpaired) electrons. The van der Waals surface area contributed by atoms with Crippen molar-refractivity contribution >= 4 is 11.8 Å². The van der Waals surface area contributed by atoms with Crippen LogP contribution < -0.4 is 10.2 Å². The lowest BCUT2D eigenvalue weighted by Gasteiger charge is -2.19. The number of anilines is 2. The molecule has 7 heteroatoms. The van der Waals surface area contributed by atoms with E-state index >= 15 is 0 Å². The Morgan fingerprint density at radius 2 is 1.88 bits per heavy atom. The Bertz CT molecular complexity index is 826. The molecule has 0 unspecified atom stereocenters. The molecule has 0 amide bonds. The van der Waals surface area contributed by atoms with Gasteiger partial charge in [-0.2, -0.15) is 0 Å². The number of hydrogen-bond donors (Lipinski definition) is 1. The van der Waals surface area contributed by atoms with Crippen LogP contribution in [-0.2, 0) is 19.5 Å². The molecule has 1 aliphatic heterocycles. The van der Waals surface area contributed by atoms with E-state index in [1.807, 2.05) is 43.7 Å². The SMILES string of the molecule is Cc1cnc(N2CCc3ncc(CNc4ccccn4)n3CC2)nc1. The first-order valence-electron chi connectivity index (χ1n) is 8.51. The maximum atomic E-state index is 4.61. The summed E-state index contributed by atoms with van der Waals surface area (Å²) in [6, 6.07) is 5.86. The minimum absolute atomic E-state index is 0.713. The van der Waals surface area contributed by atoms with Gasteiger partial charge in [-0.3, -0.25) is 0 Å². The molecule has 25 heavy (non-hydrogen) atoms. The molecule has 0 aromatic carbocycles. The summed E-state index contributed by atoms with van der Waals surface area (Å²) < 4.78 is 2.30. The van der Waals surface area contributed by atoms with Gasteiger partial charge in [-0.05, 0) is 24.6 Å². The molecule has 1 N–H and O–H groups in total. The Morgan fingerprint density at radius 1 is 1.00 bits per heavy atom. The van der Waals surface area contributed by atoms with Crippen molar-refractivity contribution in [3.8, 4) is 0 Å². The predicted molar refractivity (Wildman–Crippen MR) is 96.5 cm³/mol. The largest absolute Gasteiger partial charge is 0.364 e. The average Bonchev–Trinajstić information content (AvgIpc) is 2.91. The predicted octanol–water partition coefficient (Wildman–Crippen LogP) is 2.05. The number of rotatable bonds is 4. The van der Waals surface area contributed by atoms with E-state index in [1.54, 1.807) is 6.20 Å². The van der Waals surface area contributed by atoms with Crippen molar-refractivity contribution in [1.29, 1.82) is 0 Å². The van der Waals surface area contributed by atoms with Gasteiger partial charge in [0.1, 0.15) is 11.6 Å². The van der Waals surface area contributed by atoms with Gasteiger partial charge in [0.2, 0.25) is 5.95 Å². The minimum atomic E-state index is 0.713. The third-order valence-corrected chi connectivity index (χ3v) is 4.39. The van der Waals surface area contributed by atoms with E-state index in [4.69, 9.17) is 0 Å². The lowest BCUT2D eigenvalue weighted by molar-refractivity contribution is 0.655. The second-order valence-electron chi connectivity index (χ2n) is 6.18. The van der Waals surface area contributed by atoms with E-state index in [-0.39, 0.29) is 0 Å². The van der Waals surface area contributed by atoms with Crippen LogP contribution in [0.2, 0.25) is 0 Å². The highest BCUT2D eigenvalue weighted by Crippen LogP contribution is 2.16. The van der Waals surface area contributed by atoms with Gasteiger partial charge < -0.3 is 14.8 Å². The first-order chi connectivity index (χ1) is 12.3. The number of nitrogens with one attached hydrogen (secondary N) is 1. The van der Waals surface area contributed by atoms with Crippen LogP contribution in [0.25, 0.3) is 0 Å². The van der Waals surface area contributed by atoms with Crippen molar-refractivity contribution in [2.45, 2.75) is 26.4 Å². The Kier molecular flexibility index (Phi) is 4.28. The minimum Gasteiger partial charge on any atom is -0.364 e. The van der Waals surface area contributed by atoms with Crippen molar-refractivity contribution in [2.24, 2.45) is 0 Å². The molecule has 0 saturated carbocycles. The number of imidazole rings is 1. The zero-order valence-corrected chi connectivity index (χ0v) is 14.3. The molecule has 4 heterocycles. The van der Waals surface area contributed by atoms with E-state index in [2.05, 4.69) is 34.7 Å². The van der Waals surface area contributed by atoms with E-state index in [0.717, 1.165) is 49.2 Å². The highest BCUT2D eigenvalue weighted by atomic mass is 15.3. The zero-order valence-electron chi connectivity index (χ0n) is 14.3. The van der Waals surface area contributed by atoms with Gasteiger partial charge >= 0.3 is 0 Å². The van der Waals surface area contributed by atoms with Crippen molar-refractivity contribution in [3.05, 3.63) is 60.1 Å². The molecule has 0 saturated heterocycles. The van der Waals surface area contributed by atoms with Crippen molar-refractivity contribution in [3.63, 3.8) is 0 Å². The van der Waals surface area contributed by atoms with Crippen LogP contribution in [0.1, 0.15) is 17.1 Å². The first-order valence-corrected chi connectivity index (χ1v) is 8.51. The van der Waals surface area contributed by atoms with Crippen LogP contribution in [0, 0.1) is 6.92 Å². The fraction of sp³-hybridized carbons (Fsp3) is 0.333. The van der Waals surface area contributed by atoms with Crippen molar-refractivity contribution in [1.82, 2.24) is 24.5 Å². The van der Waals surface area contributed by atoms with E-state index < -0.39 is 0 Å². The van der Waals surface area contributed by atoms with Gasteiger partial charge in [-0.25, -0.2) is 19.9 Å². The quantitative estimate of drug-likeness (QED) is 0.787. The van der Waals surface area contributed by atoms with Gasteiger partial charge in [0.15, 0.2) is 0 Å². The molecule has 0 spiro atoms. The Hall–Kier alpha value is -2.96. The molecule has 0 bridgehead atoms. The van der Waals surface area contributed by atoms with Gasteiger partial charge in [0, 0.05) is 44.6 Å². The molecular weight excluding hydrogens is 314 g/mol. The molecule has 3 aromatic heterocycles. The third-order valence-electron chi connectivity index (χ3n) is 4.39. The molecule has 0 atom stereocenters. The van der Waals surface area contributed by atoms with Crippen LogP contribution in [-0.4, -0.2) is 37.6 Å². The van der Waals surface area contributed by atoms with Crippen LogP contribution in [0.5, 0.6) is 0 Å². The summed E-state index contributed by atoms with van der Waals surface area (Å²) in [5, 5.41) is 3.36.